The van der Waals surface area contributed by atoms with Gasteiger partial charge in [0.15, 0.2) is 0 Å². The van der Waals surface area contributed by atoms with E-state index in [4.69, 9.17) is 0 Å². The first kappa shape index (κ1) is 7.04. The maximum atomic E-state index is 3.70. The fourth-order valence-corrected chi connectivity index (χ4v) is 0.486. The van der Waals surface area contributed by atoms with Gasteiger partial charge in [0.05, 0.1) is 0 Å². The van der Waals surface area contributed by atoms with Crippen molar-refractivity contribution in [3.63, 3.8) is 0 Å². The third kappa shape index (κ3) is 6.04. The summed E-state index contributed by atoms with van der Waals surface area (Å²) in [5, 5.41) is 0. The predicted octanol–water partition coefficient (Wildman–Crippen LogP) is 1.47. The molecule has 0 nitrogen and oxygen atoms in total. The van der Waals surface area contributed by atoms with Crippen LogP contribution in [0.5, 0.6) is 0 Å². The Bertz CT molecular complexity index is 101. The summed E-state index contributed by atoms with van der Waals surface area (Å²) in [5.41, 5.74) is 1.11. The van der Waals surface area contributed by atoms with Crippen molar-refractivity contribution in [2.45, 2.75) is 6.92 Å². The van der Waals surface area contributed by atoms with Gasteiger partial charge < -0.3 is 0 Å². The number of rotatable bonds is 2. The third-order valence-corrected chi connectivity index (χ3v) is 1.02. The minimum absolute atomic E-state index is 1.11. The standard InChI is InChI=1S/C6H8.W/c1-4-5-6(2)3;/h1,4-5H,2H2,3H3;/b5-4-;. The number of hydrogen-bond acceptors (Lipinski definition) is 0. The molecule has 0 aromatic carbocycles. The molecule has 0 rings (SSSR count). The van der Waals surface area contributed by atoms with Crippen molar-refractivity contribution >= 4 is 4.40 Å². The molecule has 0 amide bonds. The molecule has 0 spiro atoms. The zero-order valence-electron chi connectivity index (χ0n) is 4.35. The molecule has 0 saturated heterocycles. The monoisotopic (exact) mass is 264 g/mol. The van der Waals surface area contributed by atoms with Crippen molar-refractivity contribution in [2.75, 3.05) is 0 Å². The zero-order valence-corrected chi connectivity index (χ0v) is 7.28. The molecule has 0 bridgehead atoms. The molecule has 0 fully saturated rings. The summed E-state index contributed by atoms with van der Waals surface area (Å²) >= 11 is 1.48. The average Bonchev–Trinajstić information content (AvgIpc) is 1.61. The van der Waals surface area contributed by atoms with Crippen molar-refractivity contribution < 1.29 is 19.4 Å². The van der Waals surface area contributed by atoms with Crippen molar-refractivity contribution in [1.82, 2.24) is 0 Å². The summed E-state index contributed by atoms with van der Waals surface area (Å²) in [4.78, 5) is 0. The first-order valence-corrected chi connectivity index (χ1v) is 3.74. The van der Waals surface area contributed by atoms with Crippen LogP contribution in [0.2, 0.25) is 0 Å². The van der Waals surface area contributed by atoms with Crippen molar-refractivity contribution in [2.24, 2.45) is 0 Å². The fourth-order valence-electron chi connectivity index (χ4n) is 0.204. The van der Waals surface area contributed by atoms with Crippen molar-refractivity contribution in [3.8, 4) is 0 Å². The van der Waals surface area contributed by atoms with Crippen LogP contribution in [-0.4, -0.2) is 4.40 Å². The molecular formula is C6H8W. The Morgan fingerprint density at radius 2 is 2.29 bits per heavy atom. The molecule has 0 atom stereocenters. The van der Waals surface area contributed by atoms with Gasteiger partial charge in [-0.1, -0.05) is 0 Å². The van der Waals surface area contributed by atoms with E-state index in [-0.39, 0.29) is 0 Å². The second-order valence-corrected chi connectivity index (χ2v) is 2.32. The summed E-state index contributed by atoms with van der Waals surface area (Å²) in [5.74, 6) is 0. The van der Waals surface area contributed by atoms with Gasteiger partial charge in [-0.25, -0.2) is 0 Å². The summed E-state index contributed by atoms with van der Waals surface area (Å²) in [7, 11) is 0. The van der Waals surface area contributed by atoms with E-state index >= 15 is 0 Å². The molecule has 0 saturated carbocycles. The van der Waals surface area contributed by atoms with E-state index in [0.29, 0.717) is 0 Å². The van der Waals surface area contributed by atoms with E-state index in [1.54, 1.807) is 0 Å². The molecule has 0 aliphatic rings. The summed E-state index contributed by atoms with van der Waals surface area (Å²) in [6.45, 7) is 5.68. The van der Waals surface area contributed by atoms with Crippen molar-refractivity contribution in [1.29, 1.82) is 0 Å². The quantitative estimate of drug-likeness (QED) is 0.662. The molecular weight excluding hydrogens is 256 g/mol. The van der Waals surface area contributed by atoms with Crippen LogP contribution >= 0.6 is 0 Å². The van der Waals surface area contributed by atoms with Gasteiger partial charge in [-0.05, 0) is 0 Å². The molecule has 0 N–H and O–H groups in total. The zero-order chi connectivity index (χ0) is 5.70. The van der Waals surface area contributed by atoms with Gasteiger partial charge in [-0.2, -0.15) is 0 Å². The molecule has 7 heavy (non-hydrogen) atoms. The van der Waals surface area contributed by atoms with E-state index < -0.39 is 0 Å². The van der Waals surface area contributed by atoms with Gasteiger partial charge in [-0.3, -0.25) is 0 Å². The Kier molecular flexibility index (Phi) is 4.23. The van der Waals surface area contributed by atoms with E-state index in [1.807, 2.05) is 19.1 Å². The van der Waals surface area contributed by atoms with E-state index in [1.165, 1.54) is 19.4 Å². The predicted molar refractivity (Wildman–Crippen MR) is 30.0 cm³/mol. The van der Waals surface area contributed by atoms with Crippen LogP contribution in [0.3, 0.4) is 0 Å². The first-order chi connectivity index (χ1) is 3.27. The Hall–Kier alpha value is 0.0383. The maximum absolute atomic E-state index is 3.70. The van der Waals surface area contributed by atoms with Gasteiger partial charge >= 0.3 is 55.0 Å². The van der Waals surface area contributed by atoms with Crippen LogP contribution in [0.1, 0.15) is 6.92 Å². The van der Waals surface area contributed by atoms with Gasteiger partial charge in [0, 0.05) is 0 Å². The van der Waals surface area contributed by atoms with E-state index in [9.17, 15) is 0 Å². The van der Waals surface area contributed by atoms with Crippen LogP contribution < -0.4 is 0 Å². The summed E-state index contributed by atoms with van der Waals surface area (Å²) in [6.07, 6.45) is 4.00. The van der Waals surface area contributed by atoms with Gasteiger partial charge in [-0.15, -0.1) is 0 Å². The van der Waals surface area contributed by atoms with Gasteiger partial charge in [0.1, 0.15) is 0 Å². The average molecular weight is 264 g/mol. The second kappa shape index (κ2) is 4.20. The van der Waals surface area contributed by atoms with Crippen LogP contribution in [0.4, 0.5) is 0 Å². The van der Waals surface area contributed by atoms with E-state index in [2.05, 4.69) is 11.0 Å². The normalized spacial score (nSPS) is 9.29. The molecule has 0 aromatic heterocycles. The SMILES string of the molecule is C=C(C)/C=C\[CH]=[W]. The Labute approximate surface area is 55.3 Å². The molecule has 0 aliphatic carbocycles. The van der Waals surface area contributed by atoms with E-state index in [0.717, 1.165) is 5.57 Å². The molecule has 0 heterocycles. The second-order valence-electron chi connectivity index (χ2n) is 1.34. The molecule has 0 aromatic rings. The van der Waals surface area contributed by atoms with Crippen LogP contribution in [0.15, 0.2) is 24.3 Å². The third-order valence-electron chi connectivity index (χ3n) is 0.459. The van der Waals surface area contributed by atoms with Gasteiger partial charge in [0.25, 0.3) is 0 Å². The topological polar surface area (TPSA) is 0 Å². The molecule has 0 unspecified atom stereocenters. The summed E-state index contributed by atoms with van der Waals surface area (Å²) < 4.78 is 2.06. The van der Waals surface area contributed by atoms with Crippen LogP contribution in [0.25, 0.3) is 0 Å². The number of allylic oxidation sites excluding steroid dienone is 3. The summed E-state index contributed by atoms with van der Waals surface area (Å²) in [6, 6.07) is 0. The van der Waals surface area contributed by atoms with Crippen molar-refractivity contribution in [3.05, 3.63) is 24.3 Å². The fraction of sp³-hybridized carbons (Fsp3) is 0.167. The van der Waals surface area contributed by atoms with Crippen LogP contribution in [-0.2, 0) is 19.4 Å². The van der Waals surface area contributed by atoms with Crippen LogP contribution in [0, 0.1) is 0 Å². The Morgan fingerprint density at radius 1 is 1.71 bits per heavy atom. The Balaban J connectivity index is 3.46. The Morgan fingerprint density at radius 3 is 2.43 bits per heavy atom. The molecule has 1 heteroatoms. The molecule has 0 radical (unpaired) electrons. The first-order valence-electron chi connectivity index (χ1n) is 2.04. The minimum atomic E-state index is 1.11. The van der Waals surface area contributed by atoms with Gasteiger partial charge in [0.2, 0.25) is 0 Å². The molecule has 38 valence electrons. The number of hydrogen-bond donors (Lipinski definition) is 0. The molecule has 0 aliphatic heterocycles.